The van der Waals surface area contributed by atoms with Gasteiger partial charge in [0.2, 0.25) is 0 Å². The molecule has 2 rings (SSSR count). The quantitative estimate of drug-likeness (QED) is 0.679. The average molecular weight is 195 g/mol. The maximum absolute atomic E-state index is 12.9. The summed E-state index contributed by atoms with van der Waals surface area (Å²) in [4.78, 5) is 22.2. The number of ketones is 1. The number of ether oxygens (including phenoxy) is 1. The number of hydrogen-bond donors (Lipinski definition) is 1. The third kappa shape index (κ3) is 1.06. The molecule has 14 heavy (non-hydrogen) atoms. The van der Waals surface area contributed by atoms with E-state index < -0.39 is 17.5 Å². The molecule has 1 amide bonds. The zero-order valence-corrected chi connectivity index (χ0v) is 7.26. The Labute approximate surface area is 78.7 Å². The first-order valence-corrected chi connectivity index (χ1v) is 3.86. The Hall–Kier alpha value is -1.91. The Morgan fingerprint density at radius 2 is 2.07 bits per heavy atom. The molecule has 1 aliphatic heterocycles. The van der Waals surface area contributed by atoms with Crippen molar-refractivity contribution in [3.8, 4) is 5.75 Å². The van der Waals surface area contributed by atoms with Crippen LogP contribution in [0.5, 0.6) is 5.75 Å². The number of anilines is 1. The number of carbonyl (C=O) groups is 2. The van der Waals surface area contributed by atoms with Gasteiger partial charge in [-0.15, -0.1) is 0 Å². The topological polar surface area (TPSA) is 55.4 Å². The second-order valence-electron chi connectivity index (χ2n) is 2.81. The molecule has 0 aromatic heterocycles. The van der Waals surface area contributed by atoms with Gasteiger partial charge in [-0.25, -0.2) is 4.39 Å². The molecule has 1 N–H and O–H groups in total. The number of halogens is 1. The van der Waals surface area contributed by atoms with Crippen molar-refractivity contribution in [3.63, 3.8) is 0 Å². The molecule has 0 unspecified atom stereocenters. The lowest BCUT2D eigenvalue weighted by molar-refractivity contribution is -0.112. The van der Waals surface area contributed by atoms with Gasteiger partial charge in [0.05, 0.1) is 18.4 Å². The number of Topliss-reactive ketones (excluding diaryl/α,β-unsaturated/α-hetero) is 1. The lowest BCUT2D eigenvalue weighted by Crippen LogP contribution is -2.12. The fraction of sp³-hybridized carbons (Fsp3) is 0.111. The van der Waals surface area contributed by atoms with Crippen molar-refractivity contribution >= 4 is 17.4 Å². The van der Waals surface area contributed by atoms with E-state index in [1.807, 2.05) is 0 Å². The highest BCUT2D eigenvalue weighted by Crippen LogP contribution is 2.33. The molecular formula is C9H6FNO3. The van der Waals surface area contributed by atoms with E-state index in [9.17, 15) is 14.0 Å². The van der Waals surface area contributed by atoms with Crippen molar-refractivity contribution in [1.29, 1.82) is 0 Å². The summed E-state index contributed by atoms with van der Waals surface area (Å²) in [5.74, 6) is -1.95. The summed E-state index contributed by atoms with van der Waals surface area (Å²) in [5.41, 5.74) is 0.260. The highest BCUT2D eigenvalue weighted by atomic mass is 19.1. The molecular weight excluding hydrogens is 189 g/mol. The molecule has 0 bridgehead atoms. The minimum atomic E-state index is -0.760. The SMILES string of the molecule is COc1cc(F)cc2c1NC(=O)C2=O. The minimum Gasteiger partial charge on any atom is -0.494 e. The van der Waals surface area contributed by atoms with E-state index in [1.165, 1.54) is 7.11 Å². The van der Waals surface area contributed by atoms with Crippen molar-refractivity contribution in [1.82, 2.24) is 0 Å². The summed E-state index contributed by atoms with van der Waals surface area (Å²) >= 11 is 0. The Kier molecular flexibility index (Phi) is 1.73. The molecule has 0 aliphatic carbocycles. The predicted octanol–water partition coefficient (Wildman–Crippen LogP) is 0.969. The molecule has 0 saturated carbocycles. The second-order valence-corrected chi connectivity index (χ2v) is 2.81. The molecule has 0 saturated heterocycles. The molecule has 0 spiro atoms. The van der Waals surface area contributed by atoms with Crippen LogP contribution in [0.3, 0.4) is 0 Å². The lowest BCUT2D eigenvalue weighted by atomic mass is 10.1. The van der Waals surface area contributed by atoms with Crippen molar-refractivity contribution in [3.05, 3.63) is 23.5 Å². The van der Waals surface area contributed by atoms with Crippen LogP contribution in [0.15, 0.2) is 12.1 Å². The summed E-state index contributed by atoms with van der Waals surface area (Å²) in [6.45, 7) is 0. The molecule has 4 nitrogen and oxygen atoms in total. The number of carbonyl (C=O) groups excluding carboxylic acids is 2. The fourth-order valence-corrected chi connectivity index (χ4v) is 1.34. The van der Waals surface area contributed by atoms with Gasteiger partial charge in [0.15, 0.2) is 0 Å². The van der Waals surface area contributed by atoms with Crippen LogP contribution in [0.1, 0.15) is 10.4 Å². The van der Waals surface area contributed by atoms with Gasteiger partial charge in [0.25, 0.3) is 11.7 Å². The first-order valence-electron chi connectivity index (χ1n) is 3.86. The highest BCUT2D eigenvalue weighted by Gasteiger charge is 2.31. The smallest absolute Gasteiger partial charge is 0.296 e. The molecule has 1 heterocycles. The molecule has 1 aliphatic rings. The Bertz CT molecular complexity index is 442. The van der Waals surface area contributed by atoms with E-state index in [0.29, 0.717) is 0 Å². The standard InChI is InChI=1S/C9H6FNO3/c1-14-6-3-4(10)2-5-7(6)11-9(13)8(5)12/h2-3H,1H3,(H,11,12,13). The summed E-state index contributed by atoms with van der Waals surface area (Å²) in [6, 6.07) is 2.12. The second kappa shape index (κ2) is 2.80. The molecule has 5 heteroatoms. The van der Waals surface area contributed by atoms with Gasteiger partial charge in [-0.05, 0) is 6.07 Å². The highest BCUT2D eigenvalue weighted by molar-refractivity contribution is 6.52. The van der Waals surface area contributed by atoms with Crippen LogP contribution < -0.4 is 10.1 Å². The van der Waals surface area contributed by atoms with Gasteiger partial charge >= 0.3 is 0 Å². The number of methoxy groups -OCH3 is 1. The third-order valence-electron chi connectivity index (χ3n) is 1.98. The van der Waals surface area contributed by atoms with Gasteiger partial charge in [0.1, 0.15) is 11.6 Å². The largest absolute Gasteiger partial charge is 0.494 e. The summed E-state index contributed by atoms with van der Waals surface area (Å²) < 4.78 is 17.8. The van der Waals surface area contributed by atoms with Crippen molar-refractivity contribution in [2.24, 2.45) is 0 Å². The summed E-state index contributed by atoms with van der Waals surface area (Å²) in [6.07, 6.45) is 0. The van der Waals surface area contributed by atoms with E-state index in [-0.39, 0.29) is 17.0 Å². The number of amides is 1. The van der Waals surface area contributed by atoms with Crippen molar-refractivity contribution < 1.29 is 18.7 Å². The minimum absolute atomic E-state index is 0.0202. The van der Waals surface area contributed by atoms with Crippen LogP contribution in [0.25, 0.3) is 0 Å². The monoisotopic (exact) mass is 195 g/mol. The number of hydrogen-bond acceptors (Lipinski definition) is 3. The summed E-state index contributed by atoms with van der Waals surface area (Å²) in [5, 5.41) is 2.31. The zero-order valence-electron chi connectivity index (χ0n) is 7.26. The third-order valence-corrected chi connectivity index (χ3v) is 1.98. The van der Waals surface area contributed by atoms with Gasteiger partial charge in [-0.3, -0.25) is 9.59 Å². The maximum atomic E-state index is 12.9. The van der Waals surface area contributed by atoms with E-state index in [1.54, 1.807) is 0 Å². The fourth-order valence-electron chi connectivity index (χ4n) is 1.34. The Balaban J connectivity index is 2.67. The lowest BCUT2D eigenvalue weighted by Gasteiger charge is -2.05. The normalized spacial score (nSPS) is 13.9. The van der Waals surface area contributed by atoms with Crippen LogP contribution in [0.2, 0.25) is 0 Å². The van der Waals surface area contributed by atoms with Crippen molar-refractivity contribution in [2.75, 3.05) is 12.4 Å². The first-order chi connectivity index (χ1) is 6.63. The van der Waals surface area contributed by atoms with E-state index in [4.69, 9.17) is 4.74 Å². The summed E-state index contributed by atoms with van der Waals surface area (Å²) in [7, 11) is 1.34. The number of benzene rings is 1. The number of nitrogens with one attached hydrogen (secondary N) is 1. The molecule has 0 fully saturated rings. The molecule has 0 radical (unpaired) electrons. The molecule has 1 aromatic rings. The number of fused-ring (bicyclic) bond motifs is 1. The van der Waals surface area contributed by atoms with Crippen molar-refractivity contribution in [2.45, 2.75) is 0 Å². The molecule has 0 atom stereocenters. The van der Waals surface area contributed by atoms with E-state index >= 15 is 0 Å². The van der Waals surface area contributed by atoms with E-state index in [0.717, 1.165) is 12.1 Å². The van der Waals surface area contributed by atoms with Crippen LogP contribution >= 0.6 is 0 Å². The van der Waals surface area contributed by atoms with Gasteiger partial charge in [-0.2, -0.15) is 0 Å². The van der Waals surface area contributed by atoms with Gasteiger partial charge in [-0.1, -0.05) is 0 Å². The van der Waals surface area contributed by atoms with Crippen LogP contribution in [-0.2, 0) is 4.79 Å². The first kappa shape index (κ1) is 8.68. The molecule has 1 aromatic carbocycles. The van der Waals surface area contributed by atoms with Gasteiger partial charge < -0.3 is 10.1 Å². The van der Waals surface area contributed by atoms with Gasteiger partial charge in [0, 0.05) is 6.07 Å². The maximum Gasteiger partial charge on any atom is 0.296 e. The zero-order chi connectivity index (χ0) is 10.3. The van der Waals surface area contributed by atoms with Crippen LogP contribution in [0, 0.1) is 5.82 Å². The number of rotatable bonds is 1. The predicted molar refractivity (Wildman–Crippen MR) is 45.9 cm³/mol. The van der Waals surface area contributed by atoms with Crippen LogP contribution in [-0.4, -0.2) is 18.8 Å². The van der Waals surface area contributed by atoms with Crippen LogP contribution in [0.4, 0.5) is 10.1 Å². The molecule has 72 valence electrons. The Morgan fingerprint density at radius 3 is 2.71 bits per heavy atom. The average Bonchev–Trinajstić information content (AvgIpc) is 2.43. The Morgan fingerprint density at radius 1 is 1.36 bits per heavy atom. The van der Waals surface area contributed by atoms with E-state index in [2.05, 4.69) is 5.32 Å².